The summed E-state index contributed by atoms with van der Waals surface area (Å²) < 4.78 is 10.2. The molecule has 0 saturated heterocycles. The first-order valence-electron chi connectivity index (χ1n) is 10.8. The Morgan fingerprint density at radius 2 is 1.09 bits per heavy atom. The van der Waals surface area contributed by atoms with Gasteiger partial charge in [0.15, 0.2) is 11.6 Å². The molecular formula is C26H30N2O4. The van der Waals surface area contributed by atoms with Gasteiger partial charge in [-0.1, -0.05) is 12.8 Å². The fourth-order valence-corrected chi connectivity index (χ4v) is 3.73. The van der Waals surface area contributed by atoms with Gasteiger partial charge in [-0.2, -0.15) is 0 Å². The van der Waals surface area contributed by atoms with Gasteiger partial charge in [-0.25, -0.2) is 0 Å². The number of hydrogen-bond acceptors (Lipinski definition) is 6. The summed E-state index contributed by atoms with van der Waals surface area (Å²) in [6.45, 7) is 0. The molecular weight excluding hydrogens is 404 g/mol. The van der Waals surface area contributed by atoms with Crippen molar-refractivity contribution in [1.29, 1.82) is 0 Å². The zero-order chi connectivity index (χ0) is 22.8. The summed E-state index contributed by atoms with van der Waals surface area (Å²) in [6, 6.07) is 14.5. The Bertz CT molecular complexity index is 869. The van der Waals surface area contributed by atoms with E-state index in [0.29, 0.717) is 11.1 Å². The van der Waals surface area contributed by atoms with Crippen molar-refractivity contribution >= 4 is 11.6 Å². The number of ketones is 2. The molecule has 0 aliphatic heterocycles. The van der Waals surface area contributed by atoms with Crippen LogP contribution in [-0.2, 0) is 0 Å². The zero-order valence-electron chi connectivity index (χ0n) is 18.5. The van der Waals surface area contributed by atoms with Crippen molar-refractivity contribution in [1.82, 2.24) is 10.6 Å². The fraction of sp³-hybridized carbons (Fsp3) is 0.308. The van der Waals surface area contributed by atoms with Crippen molar-refractivity contribution in [2.75, 3.05) is 14.2 Å². The topological polar surface area (TPSA) is 76.7 Å². The molecule has 2 atom stereocenters. The van der Waals surface area contributed by atoms with Crippen molar-refractivity contribution in [3.05, 3.63) is 84.2 Å². The van der Waals surface area contributed by atoms with E-state index in [4.69, 9.17) is 9.47 Å². The minimum absolute atomic E-state index is 0.0644. The molecule has 0 unspecified atom stereocenters. The zero-order valence-corrected chi connectivity index (χ0v) is 18.5. The number of carbonyl (C=O) groups excluding carboxylic acids is 2. The van der Waals surface area contributed by atoms with Crippen molar-refractivity contribution in [3.8, 4) is 11.5 Å². The smallest absolute Gasteiger partial charge is 0.187 e. The highest BCUT2D eigenvalue weighted by Crippen LogP contribution is 2.19. The van der Waals surface area contributed by atoms with E-state index in [1.807, 2.05) is 0 Å². The first kappa shape index (κ1) is 23.1. The SMILES string of the molecule is COc1ccc(C(=O)/C=C\N[C@H]2CCCC[C@@H]2N/C=C\C(=O)c2ccc(OC)cc2)cc1. The summed E-state index contributed by atoms with van der Waals surface area (Å²) in [6.07, 6.45) is 10.8. The van der Waals surface area contributed by atoms with Crippen molar-refractivity contribution in [3.63, 3.8) is 0 Å². The monoisotopic (exact) mass is 434 g/mol. The third kappa shape index (κ3) is 6.48. The summed E-state index contributed by atoms with van der Waals surface area (Å²) in [7, 11) is 3.19. The van der Waals surface area contributed by atoms with Crippen LogP contribution < -0.4 is 20.1 Å². The van der Waals surface area contributed by atoms with Crippen LogP contribution in [0.2, 0.25) is 0 Å². The van der Waals surface area contributed by atoms with E-state index < -0.39 is 0 Å². The van der Waals surface area contributed by atoms with Crippen molar-refractivity contribution < 1.29 is 19.1 Å². The minimum Gasteiger partial charge on any atom is -0.497 e. The summed E-state index contributed by atoms with van der Waals surface area (Å²) in [4.78, 5) is 24.7. The molecule has 0 bridgehead atoms. The van der Waals surface area contributed by atoms with E-state index in [-0.39, 0.29) is 23.7 Å². The fourth-order valence-electron chi connectivity index (χ4n) is 3.73. The van der Waals surface area contributed by atoms with Gasteiger partial charge in [0.1, 0.15) is 11.5 Å². The minimum atomic E-state index is -0.0644. The second kappa shape index (κ2) is 11.7. The Morgan fingerprint density at radius 3 is 1.44 bits per heavy atom. The van der Waals surface area contributed by atoms with Crippen LogP contribution >= 0.6 is 0 Å². The molecule has 6 heteroatoms. The van der Waals surface area contributed by atoms with E-state index >= 15 is 0 Å². The van der Waals surface area contributed by atoms with Gasteiger partial charge < -0.3 is 20.1 Å². The van der Waals surface area contributed by atoms with Gasteiger partial charge in [0.25, 0.3) is 0 Å². The van der Waals surface area contributed by atoms with Gasteiger partial charge >= 0.3 is 0 Å². The predicted octanol–water partition coefficient (Wildman–Crippen LogP) is 4.29. The number of benzene rings is 2. The van der Waals surface area contributed by atoms with Crippen molar-refractivity contribution in [2.24, 2.45) is 0 Å². The Balaban J connectivity index is 1.52. The highest BCUT2D eigenvalue weighted by Gasteiger charge is 2.23. The highest BCUT2D eigenvalue weighted by atomic mass is 16.5. The van der Waals surface area contributed by atoms with E-state index in [2.05, 4.69) is 10.6 Å². The van der Waals surface area contributed by atoms with Gasteiger partial charge in [-0.15, -0.1) is 0 Å². The summed E-state index contributed by atoms with van der Waals surface area (Å²) in [5.74, 6) is 1.31. The van der Waals surface area contributed by atoms with Gasteiger partial charge in [0.2, 0.25) is 0 Å². The van der Waals surface area contributed by atoms with E-state index in [1.165, 1.54) is 0 Å². The molecule has 2 N–H and O–H groups in total. The van der Waals surface area contributed by atoms with Gasteiger partial charge in [-0.3, -0.25) is 9.59 Å². The standard InChI is InChI=1S/C26H30N2O4/c1-31-21-11-7-19(8-12-21)25(29)15-17-27-23-5-3-4-6-24(23)28-18-16-26(30)20-9-13-22(32-2)14-10-20/h7-18,23-24,27-28H,3-6H2,1-2H3/b17-15-,18-16-/t23-,24-/m0/s1. The van der Waals surface area contributed by atoms with Crippen LogP contribution in [0.4, 0.5) is 0 Å². The summed E-state index contributed by atoms with van der Waals surface area (Å²) in [5, 5.41) is 6.71. The summed E-state index contributed by atoms with van der Waals surface area (Å²) >= 11 is 0. The first-order valence-corrected chi connectivity index (χ1v) is 10.8. The molecule has 2 aromatic rings. The van der Waals surface area contributed by atoms with Gasteiger partial charge in [0.05, 0.1) is 14.2 Å². The first-order chi connectivity index (χ1) is 15.6. The largest absolute Gasteiger partial charge is 0.497 e. The van der Waals surface area contributed by atoms with Crippen LogP contribution in [0.3, 0.4) is 0 Å². The third-order valence-corrected chi connectivity index (χ3v) is 5.61. The van der Waals surface area contributed by atoms with E-state index in [1.54, 1.807) is 87.3 Å². The molecule has 6 nitrogen and oxygen atoms in total. The number of nitrogens with one attached hydrogen (secondary N) is 2. The third-order valence-electron chi connectivity index (χ3n) is 5.61. The molecule has 2 aromatic carbocycles. The van der Waals surface area contributed by atoms with Gasteiger partial charge in [-0.05, 0) is 61.4 Å². The van der Waals surface area contributed by atoms with Crippen molar-refractivity contribution in [2.45, 2.75) is 37.8 Å². The predicted molar refractivity (Wildman–Crippen MR) is 125 cm³/mol. The average molecular weight is 435 g/mol. The summed E-state index contributed by atoms with van der Waals surface area (Å²) in [5.41, 5.74) is 1.23. The van der Waals surface area contributed by atoms with Crippen LogP contribution in [0.15, 0.2) is 73.1 Å². The van der Waals surface area contributed by atoms with Crippen LogP contribution in [0.25, 0.3) is 0 Å². The number of rotatable bonds is 10. The van der Waals surface area contributed by atoms with Crippen LogP contribution in [0, 0.1) is 0 Å². The molecule has 32 heavy (non-hydrogen) atoms. The molecule has 1 saturated carbocycles. The van der Waals surface area contributed by atoms with Crippen LogP contribution in [-0.4, -0.2) is 37.9 Å². The molecule has 3 rings (SSSR count). The molecule has 0 heterocycles. The Labute approximate surface area is 189 Å². The molecule has 168 valence electrons. The van der Waals surface area contributed by atoms with Crippen LogP contribution in [0.5, 0.6) is 11.5 Å². The normalized spacial score (nSPS) is 18.4. The lowest BCUT2D eigenvalue weighted by atomic mass is 9.90. The lowest BCUT2D eigenvalue weighted by Crippen LogP contribution is -2.46. The van der Waals surface area contributed by atoms with Crippen LogP contribution in [0.1, 0.15) is 46.4 Å². The Kier molecular flexibility index (Phi) is 8.49. The average Bonchev–Trinajstić information content (AvgIpc) is 2.85. The number of allylic oxidation sites excluding steroid dienone is 2. The molecule has 0 aromatic heterocycles. The second-order valence-corrected chi connectivity index (χ2v) is 7.68. The second-order valence-electron chi connectivity index (χ2n) is 7.68. The Hall–Kier alpha value is -3.54. The number of carbonyl (C=O) groups is 2. The molecule has 1 aliphatic carbocycles. The van der Waals surface area contributed by atoms with E-state index in [0.717, 1.165) is 37.2 Å². The Morgan fingerprint density at radius 1 is 0.719 bits per heavy atom. The maximum atomic E-state index is 12.3. The molecule has 0 spiro atoms. The molecule has 0 radical (unpaired) electrons. The molecule has 1 fully saturated rings. The lowest BCUT2D eigenvalue weighted by Gasteiger charge is -2.32. The number of methoxy groups -OCH3 is 2. The molecule has 1 aliphatic rings. The number of ether oxygens (including phenoxy) is 2. The molecule has 0 amide bonds. The maximum absolute atomic E-state index is 12.3. The maximum Gasteiger partial charge on any atom is 0.187 e. The number of hydrogen-bond donors (Lipinski definition) is 2. The highest BCUT2D eigenvalue weighted by molar-refractivity contribution is 6.05. The quantitative estimate of drug-likeness (QED) is 0.429. The van der Waals surface area contributed by atoms with Gasteiger partial charge in [0, 0.05) is 47.8 Å². The van der Waals surface area contributed by atoms with E-state index in [9.17, 15) is 9.59 Å². The lowest BCUT2D eigenvalue weighted by molar-refractivity contribution is 0.103.